The van der Waals surface area contributed by atoms with E-state index in [1.807, 2.05) is 17.5 Å². The average Bonchev–Trinajstić information content (AvgIpc) is 3.10. The molecule has 1 aromatic heterocycles. The summed E-state index contributed by atoms with van der Waals surface area (Å²) in [5, 5.41) is 15.3. The Morgan fingerprint density at radius 2 is 2.07 bits per heavy atom. The molecule has 0 spiro atoms. The van der Waals surface area contributed by atoms with Gasteiger partial charge in [-0.1, -0.05) is 6.07 Å². The Balaban J connectivity index is 0.00000280. The fourth-order valence-corrected chi connectivity index (χ4v) is 5.14. The third-order valence-electron chi connectivity index (χ3n) is 4.28. The fourth-order valence-electron chi connectivity index (χ4n) is 3.00. The molecule has 11 heteroatoms. The van der Waals surface area contributed by atoms with Gasteiger partial charge in [0.15, 0.2) is 0 Å². The number of nitrogens with one attached hydrogen (secondary N) is 1. The Kier molecular flexibility index (Phi) is 7.74. The van der Waals surface area contributed by atoms with E-state index < -0.39 is 29.3 Å². The maximum Gasteiger partial charge on any atom is 1.00 e. The number of aliphatic carboxylic acids is 1. The molecule has 1 unspecified atom stereocenters. The number of thiophene rings is 1. The quantitative estimate of drug-likeness (QED) is 0.284. The molecule has 2 aliphatic rings. The Labute approximate surface area is 192 Å². The zero-order chi connectivity index (χ0) is 19.7. The van der Waals surface area contributed by atoms with Crippen molar-refractivity contribution < 1.29 is 58.6 Å². The van der Waals surface area contributed by atoms with Gasteiger partial charge in [0.05, 0.1) is 18.1 Å². The number of thioether (sulfide) groups is 1. The van der Waals surface area contributed by atoms with Crippen molar-refractivity contribution >= 4 is 46.9 Å². The van der Waals surface area contributed by atoms with Gasteiger partial charge in [0.2, 0.25) is 5.91 Å². The Hall–Kier alpha value is -1.33. The number of amides is 2. The number of β-lactam (4-membered cyclic amide) rings is 1. The minimum Gasteiger partial charge on any atom is -0.543 e. The summed E-state index contributed by atoms with van der Waals surface area (Å²) in [4.78, 5) is 49.4. The van der Waals surface area contributed by atoms with Crippen LogP contribution in [0.15, 0.2) is 28.8 Å². The molecule has 2 amide bonds. The van der Waals surface area contributed by atoms with Crippen LogP contribution in [0.3, 0.4) is 0 Å². The number of rotatable bonds is 6. The summed E-state index contributed by atoms with van der Waals surface area (Å²) in [6.07, 6.45) is 0.162. The largest absolute Gasteiger partial charge is 1.00 e. The first-order valence-electron chi connectivity index (χ1n) is 8.17. The first kappa shape index (κ1) is 23.0. The van der Waals surface area contributed by atoms with Crippen LogP contribution in [-0.2, 0) is 30.3 Å². The molecule has 0 aliphatic carbocycles. The second-order valence-electron chi connectivity index (χ2n) is 6.12. The van der Waals surface area contributed by atoms with E-state index in [4.69, 9.17) is 4.74 Å². The van der Waals surface area contributed by atoms with Gasteiger partial charge in [-0.3, -0.25) is 19.3 Å². The van der Waals surface area contributed by atoms with Crippen LogP contribution < -0.4 is 40.0 Å². The molecule has 8 nitrogen and oxygen atoms in total. The summed E-state index contributed by atoms with van der Waals surface area (Å²) in [5.41, 5.74) is 0.0319. The Morgan fingerprint density at radius 3 is 2.64 bits per heavy atom. The van der Waals surface area contributed by atoms with Crippen molar-refractivity contribution in [2.45, 2.75) is 36.9 Å². The molecule has 3 heterocycles. The Bertz CT molecular complexity index is 826. The summed E-state index contributed by atoms with van der Waals surface area (Å²) in [6.45, 7) is 2.76. The first-order valence-corrected chi connectivity index (χ1v) is 10.00. The maximum absolute atomic E-state index is 12.5. The molecule has 3 rings (SSSR count). The molecule has 1 aromatic rings. The molecule has 0 radical (unpaired) electrons. The minimum absolute atomic E-state index is 0. The van der Waals surface area contributed by atoms with Crippen LogP contribution in [0.2, 0.25) is 0 Å². The summed E-state index contributed by atoms with van der Waals surface area (Å²) >= 11 is 2.78. The van der Waals surface area contributed by atoms with Crippen LogP contribution in [0.4, 0.5) is 0 Å². The van der Waals surface area contributed by atoms with E-state index in [1.54, 1.807) is 6.92 Å². The number of hydrogen-bond acceptors (Lipinski definition) is 8. The van der Waals surface area contributed by atoms with Crippen molar-refractivity contribution in [1.82, 2.24) is 10.2 Å². The number of carboxylic acids is 1. The van der Waals surface area contributed by atoms with E-state index >= 15 is 0 Å². The molecule has 0 aromatic carbocycles. The number of nitrogens with zero attached hydrogens (tertiary/aromatic N) is 1. The van der Waals surface area contributed by atoms with Gasteiger partial charge in [0.1, 0.15) is 18.0 Å². The molecule has 3 atom stereocenters. The van der Waals surface area contributed by atoms with E-state index in [2.05, 4.69) is 5.32 Å². The van der Waals surface area contributed by atoms with Crippen LogP contribution in [0.5, 0.6) is 0 Å². The number of esters is 1. The van der Waals surface area contributed by atoms with Crippen molar-refractivity contribution in [3.63, 3.8) is 0 Å². The molecular weight excluding hydrogens is 415 g/mol. The van der Waals surface area contributed by atoms with Crippen LogP contribution in [-0.4, -0.2) is 51.9 Å². The van der Waals surface area contributed by atoms with Gasteiger partial charge in [-0.05, 0) is 18.4 Å². The van der Waals surface area contributed by atoms with E-state index in [1.165, 1.54) is 30.0 Å². The number of carbonyl (C=O) groups excluding carboxylic acids is 4. The third kappa shape index (κ3) is 4.62. The monoisotopic (exact) mass is 432 g/mol. The zero-order valence-corrected chi connectivity index (χ0v) is 19.2. The second-order valence-corrected chi connectivity index (χ2v) is 8.61. The molecule has 2 aliphatic heterocycles. The topological polar surface area (TPSA) is 116 Å². The van der Waals surface area contributed by atoms with Crippen LogP contribution in [0.25, 0.3) is 0 Å². The zero-order valence-electron chi connectivity index (χ0n) is 15.6. The molecule has 1 saturated heterocycles. The van der Waals surface area contributed by atoms with Crippen LogP contribution in [0.1, 0.15) is 18.7 Å². The van der Waals surface area contributed by atoms with Gasteiger partial charge in [0.25, 0.3) is 5.91 Å². The summed E-state index contributed by atoms with van der Waals surface area (Å²) in [7, 11) is 0. The van der Waals surface area contributed by atoms with Gasteiger partial charge < -0.3 is 20.0 Å². The minimum atomic E-state index is -1.51. The predicted molar refractivity (Wildman–Crippen MR) is 96.3 cm³/mol. The van der Waals surface area contributed by atoms with Crippen molar-refractivity contribution in [2.75, 3.05) is 6.61 Å². The average molecular weight is 432 g/mol. The van der Waals surface area contributed by atoms with Crippen LogP contribution >= 0.6 is 23.1 Å². The number of hydrogen-bond donors (Lipinski definition) is 1. The second kappa shape index (κ2) is 9.45. The molecule has 0 saturated carbocycles. The van der Waals surface area contributed by atoms with Crippen molar-refractivity contribution in [2.24, 2.45) is 0 Å². The van der Waals surface area contributed by atoms with Crippen molar-refractivity contribution in [3.05, 3.63) is 33.7 Å². The number of ether oxygens (including phenoxy) is 1. The first-order chi connectivity index (χ1) is 12.8. The molecular formula is C17H17N2NaO6S2. The SMILES string of the molecule is CC(=O)OCC1=C(C(=O)[O-])N2C(=O)C(NC(=O)Cc3cccs3)[C@@H]2S[C@H]1C.[Na+]. The fraction of sp³-hybridized carbons (Fsp3) is 0.412. The third-order valence-corrected chi connectivity index (χ3v) is 6.61. The Morgan fingerprint density at radius 1 is 1.36 bits per heavy atom. The van der Waals surface area contributed by atoms with E-state index in [9.17, 15) is 24.3 Å². The van der Waals surface area contributed by atoms with E-state index in [0.29, 0.717) is 5.57 Å². The summed E-state index contributed by atoms with van der Waals surface area (Å²) in [5.74, 6) is -2.87. The molecule has 0 bridgehead atoms. The van der Waals surface area contributed by atoms with Crippen molar-refractivity contribution in [1.29, 1.82) is 0 Å². The summed E-state index contributed by atoms with van der Waals surface area (Å²) < 4.78 is 4.92. The molecule has 1 fully saturated rings. The van der Waals surface area contributed by atoms with Crippen LogP contribution in [0, 0.1) is 0 Å². The van der Waals surface area contributed by atoms with Gasteiger partial charge in [-0.2, -0.15) is 0 Å². The van der Waals surface area contributed by atoms with Gasteiger partial charge in [-0.15, -0.1) is 23.1 Å². The van der Waals surface area contributed by atoms with Gasteiger partial charge in [0, 0.05) is 22.6 Å². The van der Waals surface area contributed by atoms with Gasteiger partial charge in [-0.25, -0.2) is 0 Å². The van der Waals surface area contributed by atoms with E-state index in [0.717, 1.165) is 9.78 Å². The number of carbonyl (C=O) groups is 4. The molecule has 28 heavy (non-hydrogen) atoms. The number of fused-ring (bicyclic) bond motifs is 1. The summed E-state index contributed by atoms with van der Waals surface area (Å²) in [6, 6.07) is 2.87. The van der Waals surface area contributed by atoms with Crippen molar-refractivity contribution in [3.8, 4) is 0 Å². The van der Waals surface area contributed by atoms with Gasteiger partial charge >= 0.3 is 35.5 Å². The maximum atomic E-state index is 12.5. The molecule has 1 N–H and O–H groups in total. The van der Waals surface area contributed by atoms with E-state index in [-0.39, 0.29) is 59.4 Å². The standard InChI is InChI=1S/C17H18N2O6S2.Na/c1-8-11(7-25-9(2)20)14(17(23)24)19-15(22)13(16(19)27-8)18-12(21)6-10-4-3-5-26-10;/h3-5,8,13,16H,6-7H2,1-2H3,(H,18,21)(H,23,24);/q;+1/p-1/t8-,13?,16-;/m0./s1. The number of carboxylic acid groups (broad SMARTS) is 1. The normalized spacial score (nSPS) is 23.3. The predicted octanol–water partition coefficient (Wildman–Crippen LogP) is -3.35. The molecule has 144 valence electrons. The smallest absolute Gasteiger partial charge is 0.543 e.